The van der Waals surface area contributed by atoms with Crippen LogP contribution in [0.25, 0.3) is 0 Å². The molecule has 8 heteroatoms. The maximum atomic E-state index is 6.10. The number of hydrogen-bond acceptors (Lipinski definition) is 6. The predicted molar refractivity (Wildman–Crippen MR) is 118 cm³/mol. The highest BCUT2D eigenvalue weighted by molar-refractivity contribution is 7.80. The second-order valence-electron chi connectivity index (χ2n) is 8.01. The first kappa shape index (κ1) is 24.3. The highest BCUT2D eigenvalue weighted by Crippen LogP contribution is 2.39. The molecule has 0 spiro atoms. The SMILES string of the molecule is CCNC(=S)OCCOC1CC(C)(C)N(CCOC(=S)NCC)C(C)(C)C1. The van der Waals surface area contributed by atoms with Crippen molar-refractivity contribution >= 4 is 34.8 Å². The molecule has 0 bridgehead atoms. The number of nitrogens with zero attached hydrogens (tertiary/aromatic N) is 1. The van der Waals surface area contributed by atoms with Crippen LogP contribution in [0, 0.1) is 0 Å². The van der Waals surface area contributed by atoms with E-state index in [1.54, 1.807) is 0 Å². The van der Waals surface area contributed by atoms with E-state index in [0.717, 1.165) is 32.5 Å². The van der Waals surface area contributed by atoms with Gasteiger partial charge in [-0.15, -0.1) is 0 Å². The number of nitrogens with one attached hydrogen (secondary N) is 2. The highest BCUT2D eigenvalue weighted by atomic mass is 32.1. The summed E-state index contributed by atoms with van der Waals surface area (Å²) in [5.74, 6) is 0. The van der Waals surface area contributed by atoms with Gasteiger partial charge in [-0.05, 0) is 78.8 Å². The van der Waals surface area contributed by atoms with Crippen molar-refractivity contribution in [2.45, 2.75) is 71.6 Å². The van der Waals surface area contributed by atoms with Crippen LogP contribution in [0.2, 0.25) is 0 Å². The molecule has 158 valence electrons. The molecule has 0 aromatic heterocycles. The number of piperidine rings is 1. The average Bonchev–Trinajstić information content (AvgIpc) is 2.54. The lowest BCUT2D eigenvalue weighted by atomic mass is 9.78. The Labute approximate surface area is 175 Å². The lowest BCUT2D eigenvalue weighted by Gasteiger charge is -2.55. The number of hydrogen-bond donors (Lipinski definition) is 2. The maximum absolute atomic E-state index is 6.10. The Bertz CT molecular complexity index is 469. The second kappa shape index (κ2) is 11.3. The molecule has 0 aliphatic carbocycles. The van der Waals surface area contributed by atoms with Crippen molar-refractivity contribution in [3.05, 3.63) is 0 Å². The smallest absolute Gasteiger partial charge is 0.256 e. The molecule has 0 unspecified atom stereocenters. The van der Waals surface area contributed by atoms with Crippen molar-refractivity contribution in [3.8, 4) is 0 Å². The molecule has 1 aliphatic heterocycles. The minimum Gasteiger partial charge on any atom is -0.470 e. The summed E-state index contributed by atoms with van der Waals surface area (Å²) in [5, 5.41) is 6.91. The normalized spacial score (nSPS) is 19.3. The van der Waals surface area contributed by atoms with Gasteiger partial charge in [0.2, 0.25) is 0 Å². The molecule has 0 saturated carbocycles. The predicted octanol–water partition coefficient (Wildman–Crippen LogP) is 2.85. The average molecular weight is 420 g/mol. The Kier molecular flexibility index (Phi) is 10.2. The Morgan fingerprint density at radius 1 is 0.889 bits per heavy atom. The van der Waals surface area contributed by atoms with Crippen LogP contribution in [-0.4, -0.2) is 71.9 Å². The van der Waals surface area contributed by atoms with Gasteiger partial charge in [-0.25, -0.2) is 0 Å². The third-order valence-corrected chi connectivity index (χ3v) is 5.30. The van der Waals surface area contributed by atoms with E-state index in [1.807, 2.05) is 13.8 Å². The number of ether oxygens (including phenoxy) is 3. The fourth-order valence-corrected chi connectivity index (χ4v) is 4.37. The van der Waals surface area contributed by atoms with Gasteiger partial charge in [0, 0.05) is 30.7 Å². The molecule has 0 radical (unpaired) electrons. The standard InChI is InChI=1S/C19H37N3O3S2/c1-7-20-16(26)24-10-9-22-18(3,4)13-15(14-19(22,5)6)23-11-12-25-17(27)21-8-2/h15H,7-14H2,1-6H3,(H,20,26)(H,21,27). The zero-order chi connectivity index (χ0) is 20.5. The van der Waals surface area contributed by atoms with E-state index in [0.29, 0.717) is 30.2 Å². The molecular formula is C19H37N3O3S2. The zero-order valence-electron chi connectivity index (χ0n) is 17.7. The summed E-state index contributed by atoms with van der Waals surface area (Å²) in [4.78, 5) is 2.51. The molecule has 0 aromatic rings. The van der Waals surface area contributed by atoms with Crippen molar-refractivity contribution in [2.24, 2.45) is 0 Å². The molecule has 1 aliphatic rings. The van der Waals surface area contributed by atoms with E-state index >= 15 is 0 Å². The van der Waals surface area contributed by atoms with Crippen LogP contribution >= 0.6 is 24.4 Å². The van der Waals surface area contributed by atoms with Gasteiger partial charge in [0.15, 0.2) is 0 Å². The summed E-state index contributed by atoms with van der Waals surface area (Å²) in [5.41, 5.74) is 0.0189. The van der Waals surface area contributed by atoms with Crippen LogP contribution in [-0.2, 0) is 14.2 Å². The van der Waals surface area contributed by atoms with E-state index in [2.05, 4.69) is 43.2 Å². The summed E-state index contributed by atoms with van der Waals surface area (Å²) in [6.45, 7) is 17.0. The first-order valence-corrected chi connectivity index (χ1v) is 10.6. The van der Waals surface area contributed by atoms with E-state index < -0.39 is 0 Å². The molecule has 2 N–H and O–H groups in total. The van der Waals surface area contributed by atoms with Crippen molar-refractivity contribution < 1.29 is 14.2 Å². The molecular weight excluding hydrogens is 382 g/mol. The second-order valence-corrected chi connectivity index (χ2v) is 8.75. The molecule has 1 fully saturated rings. The van der Waals surface area contributed by atoms with Gasteiger partial charge in [0.05, 0.1) is 12.7 Å². The molecule has 1 heterocycles. The first-order valence-electron chi connectivity index (χ1n) is 9.83. The fraction of sp³-hybridized carbons (Fsp3) is 0.895. The van der Waals surface area contributed by atoms with E-state index in [4.69, 9.17) is 38.6 Å². The van der Waals surface area contributed by atoms with Gasteiger partial charge in [0.1, 0.15) is 13.2 Å². The van der Waals surface area contributed by atoms with Crippen LogP contribution in [0.3, 0.4) is 0 Å². The van der Waals surface area contributed by atoms with Crippen LogP contribution in [0.15, 0.2) is 0 Å². The summed E-state index contributed by atoms with van der Waals surface area (Å²) in [6, 6.07) is 0. The quantitative estimate of drug-likeness (QED) is 0.437. The van der Waals surface area contributed by atoms with Gasteiger partial charge in [-0.3, -0.25) is 4.90 Å². The van der Waals surface area contributed by atoms with E-state index in [1.165, 1.54) is 0 Å². The highest BCUT2D eigenvalue weighted by Gasteiger charge is 2.45. The lowest BCUT2D eigenvalue weighted by Crippen LogP contribution is -2.63. The molecule has 0 atom stereocenters. The van der Waals surface area contributed by atoms with Crippen LogP contribution in [0.1, 0.15) is 54.4 Å². The van der Waals surface area contributed by atoms with Crippen molar-refractivity contribution in [1.82, 2.24) is 15.5 Å². The lowest BCUT2D eigenvalue weighted by molar-refractivity contribution is -0.110. The van der Waals surface area contributed by atoms with Crippen LogP contribution < -0.4 is 10.6 Å². The van der Waals surface area contributed by atoms with Gasteiger partial charge in [-0.1, -0.05) is 0 Å². The molecule has 1 rings (SSSR count). The van der Waals surface area contributed by atoms with Gasteiger partial charge >= 0.3 is 0 Å². The van der Waals surface area contributed by atoms with Gasteiger partial charge in [0.25, 0.3) is 10.3 Å². The third kappa shape index (κ3) is 8.46. The van der Waals surface area contributed by atoms with Crippen molar-refractivity contribution in [3.63, 3.8) is 0 Å². The van der Waals surface area contributed by atoms with Crippen molar-refractivity contribution in [2.75, 3.05) is 39.5 Å². The minimum absolute atomic E-state index is 0.00943. The monoisotopic (exact) mass is 419 g/mol. The van der Waals surface area contributed by atoms with Crippen molar-refractivity contribution in [1.29, 1.82) is 0 Å². The first-order chi connectivity index (χ1) is 12.6. The molecule has 27 heavy (non-hydrogen) atoms. The summed E-state index contributed by atoms with van der Waals surface area (Å²) >= 11 is 10.2. The Hall–Kier alpha value is -0.700. The summed E-state index contributed by atoms with van der Waals surface area (Å²) < 4.78 is 17.2. The fourth-order valence-electron chi connectivity index (χ4n) is 3.92. The number of likely N-dealkylation sites (tertiary alicyclic amines) is 1. The molecule has 0 amide bonds. The minimum atomic E-state index is 0.00943. The number of thiocarbonyl (C=S) groups is 2. The molecule has 0 aromatic carbocycles. The Morgan fingerprint density at radius 3 is 1.85 bits per heavy atom. The van der Waals surface area contributed by atoms with Gasteiger partial charge < -0.3 is 24.8 Å². The molecule has 6 nitrogen and oxygen atoms in total. The van der Waals surface area contributed by atoms with Gasteiger partial charge in [-0.2, -0.15) is 0 Å². The third-order valence-electron chi connectivity index (χ3n) is 4.78. The van der Waals surface area contributed by atoms with E-state index in [-0.39, 0.29) is 17.2 Å². The Balaban J connectivity index is 2.48. The molecule has 1 saturated heterocycles. The Morgan fingerprint density at radius 2 is 1.37 bits per heavy atom. The largest absolute Gasteiger partial charge is 0.470 e. The van der Waals surface area contributed by atoms with E-state index in [9.17, 15) is 0 Å². The number of rotatable bonds is 9. The van der Waals surface area contributed by atoms with Crippen LogP contribution in [0.4, 0.5) is 0 Å². The zero-order valence-corrected chi connectivity index (χ0v) is 19.4. The van der Waals surface area contributed by atoms with Crippen LogP contribution in [0.5, 0.6) is 0 Å². The summed E-state index contributed by atoms with van der Waals surface area (Å²) in [6.07, 6.45) is 2.13. The maximum Gasteiger partial charge on any atom is 0.256 e. The summed E-state index contributed by atoms with van der Waals surface area (Å²) in [7, 11) is 0. The topological polar surface area (TPSA) is 55.0 Å².